The van der Waals surface area contributed by atoms with Gasteiger partial charge >= 0.3 is 0 Å². The van der Waals surface area contributed by atoms with Gasteiger partial charge in [0, 0.05) is 25.5 Å². The van der Waals surface area contributed by atoms with E-state index in [1.54, 1.807) is 0 Å². The predicted octanol–water partition coefficient (Wildman–Crippen LogP) is 2.20. The van der Waals surface area contributed by atoms with E-state index in [0.717, 1.165) is 24.4 Å². The summed E-state index contributed by atoms with van der Waals surface area (Å²) in [6, 6.07) is 3.96. The number of pyridine rings is 1. The normalized spacial score (nSPS) is 11.2. The maximum absolute atomic E-state index is 13.5. The average Bonchev–Trinajstić information content (AvgIpc) is 2.42. The van der Waals surface area contributed by atoms with Crippen LogP contribution in [-0.2, 0) is 10.0 Å². The zero-order valence-corrected chi connectivity index (χ0v) is 11.2. The van der Waals surface area contributed by atoms with Gasteiger partial charge in [0.25, 0.3) is 10.0 Å². The Morgan fingerprint density at radius 1 is 1.15 bits per heavy atom. The molecule has 2 N–H and O–H groups in total. The summed E-state index contributed by atoms with van der Waals surface area (Å²) in [5.41, 5.74) is -0.166. The van der Waals surface area contributed by atoms with Gasteiger partial charge in [-0.05, 0) is 18.2 Å². The lowest BCUT2D eigenvalue weighted by atomic mass is 10.3. The molecule has 1 heterocycles. The number of hydrogen-bond donors (Lipinski definition) is 2. The van der Waals surface area contributed by atoms with Crippen molar-refractivity contribution in [2.45, 2.75) is 4.90 Å². The van der Waals surface area contributed by atoms with Crippen LogP contribution in [0.1, 0.15) is 0 Å². The Labute approximate surface area is 114 Å². The van der Waals surface area contributed by atoms with Gasteiger partial charge in [-0.1, -0.05) is 0 Å². The molecule has 1 aromatic carbocycles. The Morgan fingerprint density at radius 3 is 2.60 bits per heavy atom. The number of halogens is 2. The lowest BCUT2D eigenvalue weighted by Gasteiger charge is -2.12. The fraction of sp³-hybridized carbons (Fsp3) is 0.0833. The first kappa shape index (κ1) is 14.2. The second-order valence-electron chi connectivity index (χ2n) is 3.85. The highest BCUT2D eigenvalue weighted by atomic mass is 32.2. The molecule has 0 bridgehead atoms. The summed E-state index contributed by atoms with van der Waals surface area (Å²) in [6.07, 6.45) is 2.53. The summed E-state index contributed by atoms with van der Waals surface area (Å²) in [4.78, 5) is 3.55. The number of nitrogens with zero attached hydrogens (tertiary/aromatic N) is 1. The molecule has 0 saturated heterocycles. The lowest BCUT2D eigenvalue weighted by molar-refractivity contribution is 0.594. The van der Waals surface area contributed by atoms with Crippen molar-refractivity contribution < 1.29 is 17.2 Å². The summed E-state index contributed by atoms with van der Waals surface area (Å²) >= 11 is 0. The van der Waals surface area contributed by atoms with Gasteiger partial charge in [-0.2, -0.15) is 0 Å². The van der Waals surface area contributed by atoms with Crippen LogP contribution in [-0.4, -0.2) is 20.4 Å². The topological polar surface area (TPSA) is 71.1 Å². The van der Waals surface area contributed by atoms with Crippen molar-refractivity contribution in [3.8, 4) is 0 Å². The summed E-state index contributed by atoms with van der Waals surface area (Å²) in [7, 11) is -2.54. The lowest BCUT2D eigenvalue weighted by Crippen LogP contribution is -2.16. The molecule has 0 saturated carbocycles. The maximum Gasteiger partial charge on any atom is 0.265 e. The van der Waals surface area contributed by atoms with Crippen LogP contribution in [0.25, 0.3) is 0 Å². The van der Waals surface area contributed by atoms with Gasteiger partial charge in [0.15, 0.2) is 0 Å². The quantitative estimate of drug-likeness (QED) is 0.908. The fourth-order valence-electron chi connectivity index (χ4n) is 1.58. The summed E-state index contributed by atoms with van der Waals surface area (Å²) in [5, 5.41) is 2.69. The molecule has 0 aliphatic rings. The van der Waals surface area contributed by atoms with E-state index >= 15 is 0 Å². The van der Waals surface area contributed by atoms with Crippen LogP contribution in [0.4, 0.5) is 20.2 Å². The molecule has 0 aliphatic heterocycles. The Balaban J connectivity index is 2.43. The molecule has 20 heavy (non-hydrogen) atoms. The molecule has 0 radical (unpaired) electrons. The summed E-state index contributed by atoms with van der Waals surface area (Å²) in [5.74, 6) is -1.62. The second kappa shape index (κ2) is 5.41. The highest BCUT2D eigenvalue weighted by molar-refractivity contribution is 7.92. The fourth-order valence-corrected chi connectivity index (χ4v) is 2.79. The van der Waals surface area contributed by atoms with E-state index in [9.17, 15) is 17.2 Å². The maximum atomic E-state index is 13.5. The average molecular weight is 299 g/mol. The molecule has 8 heteroatoms. The third-order valence-corrected chi connectivity index (χ3v) is 3.91. The van der Waals surface area contributed by atoms with E-state index in [4.69, 9.17) is 0 Å². The number of benzene rings is 1. The minimum Gasteiger partial charge on any atom is -0.387 e. The number of hydrogen-bond acceptors (Lipinski definition) is 4. The highest BCUT2D eigenvalue weighted by Gasteiger charge is 2.20. The zero-order chi connectivity index (χ0) is 14.8. The smallest absolute Gasteiger partial charge is 0.265 e. The zero-order valence-electron chi connectivity index (χ0n) is 10.4. The summed E-state index contributed by atoms with van der Waals surface area (Å²) < 4.78 is 52.8. The Kier molecular flexibility index (Phi) is 3.84. The van der Waals surface area contributed by atoms with E-state index in [1.165, 1.54) is 19.3 Å². The van der Waals surface area contributed by atoms with Crippen molar-refractivity contribution in [3.63, 3.8) is 0 Å². The number of aromatic nitrogens is 1. The highest BCUT2D eigenvalue weighted by Crippen LogP contribution is 2.24. The molecule has 5 nitrogen and oxygen atoms in total. The number of sulfonamides is 1. The molecule has 1 aromatic heterocycles. The van der Waals surface area contributed by atoms with Gasteiger partial charge in [0.05, 0.1) is 11.4 Å². The van der Waals surface area contributed by atoms with Crippen LogP contribution in [0.3, 0.4) is 0 Å². The van der Waals surface area contributed by atoms with Crippen LogP contribution in [0.15, 0.2) is 41.6 Å². The van der Waals surface area contributed by atoms with Crippen LogP contribution in [0.5, 0.6) is 0 Å². The molecule has 106 valence electrons. The molecule has 2 aromatic rings. The first-order valence-electron chi connectivity index (χ1n) is 5.53. The van der Waals surface area contributed by atoms with Crippen LogP contribution in [0, 0.1) is 11.6 Å². The van der Waals surface area contributed by atoms with Crippen LogP contribution < -0.4 is 10.0 Å². The van der Waals surface area contributed by atoms with E-state index in [2.05, 4.69) is 10.3 Å². The largest absolute Gasteiger partial charge is 0.387 e. The van der Waals surface area contributed by atoms with Gasteiger partial charge in [-0.3, -0.25) is 9.71 Å². The van der Waals surface area contributed by atoms with Gasteiger partial charge in [-0.15, -0.1) is 0 Å². The van der Waals surface area contributed by atoms with E-state index in [0.29, 0.717) is 5.69 Å². The Hall–Kier alpha value is -2.22. The minimum atomic E-state index is -4.08. The monoisotopic (exact) mass is 299 g/mol. The molecule has 0 aliphatic carbocycles. The van der Waals surface area contributed by atoms with Crippen LogP contribution >= 0.6 is 0 Å². The van der Waals surface area contributed by atoms with Gasteiger partial charge in [0.1, 0.15) is 16.5 Å². The molecule has 0 fully saturated rings. The molecule has 0 spiro atoms. The Bertz CT molecular complexity index is 735. The van der Waals surface area contributed by atoms with E-state index < -0.39 is 27.3 Å². The molecule has 0 atom stereocenters. The van der Waals surface area contributed by atoms with Crippen molar-refractivity contribution in [1.29, 1.82) is 0 Å². The van der Waals surface area contributed by atoms with Crippen molar-refractivity contribution >= 4 is 21.4 Å². The SMILES string of the molecule is CNc1ccncc1S(=O)(=O)Nc1cc(F)ccc1F. The van der Waals surface area contributed by atoms with Crippen molar-refractivity contribution in [3.05, 3.63) is 48.3 Å². The van der Waals surface area contributed by atoms with Gasteiger partial charge in [0.2, 0.25) is 0 Å². The third kappa shape index (κ3) is 2.85. The Morgan fingerprint density at radius 2 is 1.90 bits per heavy atom. The second-order valence-corrected chi connectivity index (χ2v) is 5.50. The first-order valence-corrected chi connectivity index (χ1v) is 7.02. The minimum absolute atomic E-state index is 0.161. The number of nitrogens with one attached hydrogen (secondary N) is 2. The van der Waals surface area contributed by atoms with E-state index in [-0.39, 0.29) is 4.90 Å². The molecule has 0 unspecified atom stereocenters. The standard InChI is InChI=1S/C12H11F2N3O2S/c1-15-10-4-5-16-7-12(10)20(18,19)17-11-6-8(13)2-3-9(11)14/h2-7,17H,1H3,(H,15,16). The van der Waals surface area contributed by atoms with Gasteiger partial charge in [-0.25, -0.2) is 17.2 Å². The van der Waals surface area contributed by atoms with Crippen molar-refractivity contribution in [2.75, 3.05) is 17.1 Å². The molecular formula is C12H11F2N3O2S. The predicted molar refractivity (Wildman–Crippen MR) is 71.0 cm³/mol. The summed E-state index contributed by atoms with van der Waals surface area (Å²) in [6.45, 7) is 0. The molecule has 0 amide bonds. The molecule has 2 rings (SSSR count). The van der Waals surface area contributed by atoms with Crippen molar-refractivity contribution in [2.24, 2.45) is 0 Å². The first-order chi connectivity index (χ1) is 9.44. The van der Waals surface area contributed by atoms with Crippen LogP contribution in [0.2, 0.25) is 0 Å². The van der Waals surface area contributed by atoms with Gasteiger partial charge < -0.3 is 5.32 Å². The number of rotatable bonds is 4. The third-order valence-electron chi connectivity index (χ3n) is 2.52. The van der Waals surface area contributed by atoms with E-state index in [1.807, 2.05) is 4.72 Å². The number of anilines is 2. The van der Waals surface area contributed by atoms with Crippen molar-refractivity contribution in [1.82, 2.24) is 4.98 Å². The molecular weight excluding hydrogens is 288 g/mol.